The molecule has 2 atom stereocenters. The fraction of sp³-hybridized carbons (Fsp3) is 0.438. The molecule has 1 aliphatic rings. The first-order valence-corrected chi connectivity index (χ1v) is 7.78. The minimum absolute atomic E-state index is 0.221. The van der Waals surface area contributed by atoms with Crippen LogP contribution >= 0.6 is 0 Å². The molecule has 2 aromatic heterocycles. The van der Waals surface area contributed by atoms with Crippen LogP contribution in [0.4, 0.5) is 0 Å². The van der Waals surface area contributed by atoms with Gasteiger partial charge in [0.25, 0.3) is 5.91 Å². The Labute approximate surface area is 139 Å². The summed E-state index contributed by atoms with van der Waals surface area (Å²) in [6.45, 7) is 3.23. The van der Waals surface area contributed by atoms with Crippen LogP contribution < -0.4 is 14.8 Å². The summed E-state index contributed by atoms with van der Waals surface area (Å²) < 4.78 is 18.2. The molecule has 0 spiro atoms. The largest absolute Gasteiger partial charge is 0.482 e. The van der Waals surface area contributed by atoms with E-state index in [9.17, 15) is 4.79 Å². The van der Waals surface area contributed by atoms with Crippen LogP contribution in [0.15, 0.2) is 30.7 Å². The van der Waals surface area contributed by atoms with E-state index >= 15 is 0 Å². The van der Waals surface area contributed by atoms with Crippen LogP contribution in [-0.4, -0.2) is 52.6 Å². The van der Waals surface area contributed by atoms with Gasteiger partial charge in [-0.1, -0.05) is 0 Å². The highest BCUT2D eigenvalue weighted by molar-refractivity contribution is 5.94. The van der Waals surface area contributed by atoms with Gasteiger partial charge in [0.1, 0.15) is 6.10 Å². The Morgan fingerprint density at radius 1 is 1.42 bits per heavy atom. The van der Waals surface area contributed by atoms with E-state index in [4.69, 9.17) is 14.2 Å². The molecule has 3 heterocycles. The van der Waals surface area contributed by atoms with Crippen molar-refractivity contribution in [1.29, 1.82) is 0 Å². The smallest absolute Gasteiger partial charge is 0.253 e. The number of aromatic nitrogens is 3. The van der Waals surface area contributed by atoms with Gasteiger partial charge in [0.2, 0.25) is 5.88 Å². The number of aryl methyl sites for hydroxylation is 1. The summed E-state index contributed by atoms with van der Waals surface area (Å²) in [4.78, 5) is 16.4. The van der Waals surface area contributed by atoms with Crippen molar-refractivity contribution in [1.82, 2.24) is 20.1 Å². The predicted molar refractivity (Wildman–Crippen MR) is 85.1 cm³/mol. The first-order chi connectivity index (χ1) is 11.7. The van der Waals surface area contributed by atoms with Crippen LogP contribution in [-0.2, 0) is 11.8 Å². The number of nitrogens with zero attached hydrogens (tertiary/aromatic N) is 3. The third-order valence-corrected chi connectivity index (χ3v) is 3.60. The zero-order valence-electron chi connectivity index (χ0n) is 13.6. The Hall–Kier alpha value is -2.61. The summed E-state index contributed by atoms with van der Waals surface area (Å²) in [5, 5.41) is 6.99. The lowest BCUT2D eigenvalue weighted by atomic mass is 10.2. The second-order valence-electron chi connectivity index (χ2n) is 5.44. The number of ether oxygens (including phenoxy) is 3. The van der Waals surface area contributed by atoms with Crippen molar-refractivity contribution in [3.05, 3.63) is 36.3 Å². The predicted octanol–water partition coefficient (Wildman–Crippen LogP) is 0.790. The molecular weight excluding hydrogens is 312 g/mol. The molecule has 8 heteroatoms. The molecule has 0 bridgehead atoms. The molecule has 24 heavy (non-hydrogen) atoms. The summed E-state index contributed by atoms with van der Waals surface area (Å²) in [5.41, 5.74) is 0.463. The molecular formula is C16H20N4O4. The van der Waals surface area contributed by atoms with E-state index in [2.05, 4.69) is 15.4 Å². The Morgan fingerprint density at radius 3 is 2.96 bits per heavy atom. The minimum Gasteiger partial charge on any atom is -0.482 e. The molecule has 0 unspecified atom stereocenters. The first-order valence-electron chi connectivity index (χ1n) is 7.78. The SMILES string of the molecule is CCOc1ccc(C(=O)N[C@H]2COC[C@H]2Oc2cnn(C)c2)cn1. The van der Waals surface area contributed by atoms with Crippen LogP contribution in [0.5, 0.6) is 11.6 Å². The fourth-order valence-electron chi connectivity index (χ4n) is 2.42. The van der Waals surface area contributed by atoms with Crippen molar-refractivity contribution in [3.63, 3.8) is 0 Å². The lowest BCUT2D eigenvalue weighted by Crippen LogP contribution is -2.45. The maximum atomic E-state index is 12.4. The molecule has 1 saturated heterocycles. The van der Waals surface area contributed by atoms with Gasteiger partial charge in [-0.15, -0.1) is 0 Å². The van der Waals surface area contributed by atoms with Crippen molar-refractivity contribution in [2.75, 3.05) is 19.8 Å². The quantitative estimate of drug-likeness (QED) is 0.841. The number of rotatable bonds is 6. The van der Waals surface area contributed by atoms with Gasteiger partial charge in [-0.25, -0.2) is 4.98 Å². The second kappa shape index (κ2) is 7.31. The van der Waals surface area contributed by atoms with E-state index in [0.29, 0.717) is 37.0 Å². The monoisotopic (exact) mass is 332 g/mol. The molecule has 1 amide bonds. The van der Waals surface area contributed by atoms with E-state index in [1.54, 1.807) is 29.2 Å². The molecule has 0 aromatic carbocycles. The molecule has 0 aliphatic carbocycles. The Kier molecular flexibility index (Phi) is 4.95. The van der Waals surface area contributed by atoms with Gasteiger partial charge in [0.05, 0.1) is 43.8 Å². The highest BCUT2D eigenvalue weighted by Crippen LogP contribution is 2.17. The number of hydrogen-bond acceptors (Lipinski definition) is 6. The average molecular weight is 332 g/mol. The van der Waals surface area contributed by atoms with E-state index in [-0.39, 0.29) is 18.1 Å². The number of carbonyl (C=O) groups is 1. The summed E-state index contributed by atoms with van der Waals surface area (Å²) >= 11 is 0. The number of carbonyl (C=O) groups excluding carboxylic acids is 1. The van der Waals surface area contributed by atoms with Crippen LogP contribution in [0.3, 0.4) is 0 Å². The van der Waals surface area contributed by atoms with Crippen molar-refractivity contribution < 1.29 is 19.0 Å². The Balaban J connectivity index is 1.60. The van der Waals surface area contributed by atoms with Gasteiger partial charge in [0, 0.05) is 19.3 Å². The van der Waals surface area contributed by atoms with Crippen molar-refractivity contribution in [2.24, 2.45) is 7.05 Å². The molecule has 128 valence electrons. The van der Waals surface area contributed by atoms with Gasteiger partial charge < -0.3 is 19.5 Å². The molecule has 1 fully saturated rings. The normalized spacial score (nSPS) is 19.9. The van der Waals surface area contributed by atoms with Crippen LogP contribution in [0.1, 0.15) is 17.3 Å². The van der Waals surface area contributed by atoms with Gasteiger partial charge in [-0.3, -0.25) is 9.48 Å². The van der Waals surface area contributed by atoms with Gasteiger partial charge in [-0.05, 0) is 13.0 Å². The van der Waals surface area contributed by atoms with Crippen molar-refractivity contribution in [2.45, 2.75) is 19.1 Å². The number of amides is 1. The zero-order valence-corrected chi connectivity index (χ0v) is 13.6. The summed E-state index contributed by atoms with van der Waals surface area (Å²) in [5.74, 6) is 0.923. The molecule has 3 rings (SSSR count). The lowest BCUT2D eigenvalue weighted by molar-refractivity contribution is 0.0903. The summed E-state index contributed by atoms with van der Waals surface area (Å²) in [6.07, 6.45) is 4.64. The van der Waals surface area contributed by atoms with E-state index < -0.39 is 0 Å². The number of nitrogens with one attached hydrogen (secondary N) is 1. The van der Waals surface area contributed by atoms with E-state index in [1.807, 2.05) is 14.0 Å². The second-order valence-corrected chi connectivity index (χ2v) is 5.44. The molecule has 2 aromatic rings. The van der Waals surface area contributed by atoms with Crippen molar-refractivity contribution in [3.8, 4) is 11.6 Å². The van der Waals surface area contributed by atoms with Crippen LogP contribution in [0.25, 0.3) is 0 Å². The molecule has 1 aliphatic heterocycles. The Morgan fingerprint density at radius 2 is 2.29 bits per heavy atom. The van der Waals surface area contributed by atoms with Crippen molar-refractivity contribution >= 4 is 5.91 Å². The van der Waals surface area contributed by atoms with Crippen LogP contribution in [0.2, 0.25) is 0 Å². The summed E-state index contributed by atoms with van der Waals surface area (Å²) in [7, 11) is 1.82. The maximum absolute atomic E-state index is 12.4. The molecule has 0 radical (unpaired) electrons. The van der Waals surface area contributed by atoms with Gasteiger partial charge in [-0.2, -0.15) is 5.10 Å². The highest BCUT2D eigenvalue weighted by atomic mass is 16.5. The minimum atomic E-state index is -0.256. The maximum Gasteiger partial charge on any atom is 0.253 e. The molecule has 8 nitrogen and oxygen atoms in total. The third kappa shape index (κ3) is 3.83. The van der Waals surface area contributed by atoms with Gasteiger partial charge in [0.15, 0.2) is 5.75 Å². The molecule has 1 N–H and O–H groups in total. The number of hydrogen-bond donors (Lipinski definition) is 1. The third-order valence-electron chi connectivity index (χ3n) is 3.60. The lowest BCUT2D eigenvalue weighted by Gasteiger charge is -2.19. The zero-order chi connectivity index (χ0) is 16.9. The average Bonchev–Trinajstić information content (AvgIpc) is 3.18. The van der Waals surface area contributed by atoms with Gasteiger partial charge >= 0.3 is 0 Å². The standard InChI is InChI=1S/C16H20N4O4/c1-3-23-15-5-4-11(6-17-15)16(21)19-13-9-22-10-14(13)24-12-7-18-20(2)8-12/h4-8,13-14H,3,9-10H2,1-2H3,(H,19,21)/t13-,14+/m0/s1. The van der Waals surface area contributed by atoms with E-state index in [1.165, 1.54) is 6.20 Å². The first kappa shape index (κ1) is 16.3. The Bertz CT molecular complexity index is 686. The van der Waals surface area contributed by atoms with Crippen LogP contribution in [0, 0.1) is 0 Å². The fourth-order valence-corrected chi connectivity index (χ4v) is 2.42. The topological polar surface area (TPSA) is 87.5 Å². The van der Waals surface area contributed by atoms with E-state index in [0.717, 1.165) is 0 Å². The summed E-state index contributed by atoms with van der Waals surface area (Å²) in [6, 6.07) is 3.12. The highest BCUT2D eigenvalue weighted by Gasteiger charge is 2.32. The molecule has 0 saturated carbocycles. The number of pyridine rings is 1.